The van der Waals surface area contributed by atoms with Gasteiger partial charge in [0.05, 0.1) is 9.50 Å². The molecule has 5 nitrogen and oxygen atoms in total. The van der Waals surface area contributed by atoms with Crippen LogP contribution in [0.15, 0.2) is 27.2 Å². The Bertz CT molecular complexity index is 622. The predicted molar refractivity (Wildman–Crippen MR) is 79.5 cm³/mol. The third-order valence-electron chi connectivity index (χ3n) is 2.21. The topological polar surface area (TPSA) is 64.4 Å². The number of rotatable bonds is 4. The molecule has 0 bridgehead atoms. The van der Waals surface area contributed by atoms with Gasteiger partial charge in [0.2, 0.25) is 0 Å². The van der Waals surface area contributed by atoms with E-state index in [4.69, 9.17) is 32.5 Å². The van der Waals surface area contributed by atoms with Crippen LogP contribution in [-0.4, -0.2) is 17.7 Å². The van der Waals surface area contributed by atoms with Crippen molar-refractivity contribution < 1.29 is 14.1 Å². The highest BCUT2D eigenvalue weighted by Crippen LogP contribution is 2.35. The van der Waals surface area contributed by atoms with Gasteiger partial charge in [-0.1, -0.05) is 28.4 Å². The van der Waals surface area contributed by atoms with E-state index >= 15 is 0 Å². The number of nitrogens with zero attached hydrogens (tertiary/aromatic N) is 1. The first-order chi connectivity index (χ1) is 9.45. The molecule has 0 unspecified atom stereocenters. The number of nitrogens with one attached hydrogen (secondary N) is 1. The van der Waals surface area contributed by atoms with E-state index in [9.17, 15) is 4.79 Å². The fourth-order valence-corrected chi connectivity index (χ4v) is 2.78. The third kappa shape index (κ3) is 3.88. The van der Waals surface area contributed by atoms with Crippen molar-refractivity contribution in [1.82, 2.24) is 5.16 Å². The van der Waals surface area contributed by atoms with Gasteiger partial charge in [-0.2, -0.15) is 0 Å². The fourth-order valence-electron chi connectivity index (χ4n) is 1.41. The average molecular weight is 380 g/mol. The smallest absolute Gasteiger partial charge is 0.263 e. The van der Waals surface area contributed by atoms with Gasteiger partial charge in [0.25, 0.3) is 5.91 Å². The Hall–Kier alpha value is -1.24. The lowest BCUT2D eigenvalue weighted by atomic mass is 10.3. The van der Waals surface area contributed by atoms with Gasteiger partial charge < -0.3 is 14.6 Å². The highest BCUT2D eigenvalue weighted by atomic mass is 79.9. The molecule has 1 aromatic carbocycles. The maximum absolute atomic E-state index is 11.7. The molecule has 0 spiro atoms. The molecule has 2 aromatic rings. The number of halogens is 3. The minimum atomic E-state index is -0.379. The highest BCUT2D eigenvalue weighted by molar-refractivity contribution is 9.10. The van der Waals surface area contributed by atoms with E-state index in [1.165, 1.54) is 6.07 Å². The second-order valence-electron chi connectivity index (χ2n) is 3.86. The molecule has 0 radical (unpaired) electrons. The Labute approximate surface area is 133 Å². The number of hydrogen-bond acceptors (Lipinski definition) is 4. The van der Waals surface area contributed by atoms with Crippen molar-refractivity contribution in [2.75, 3.05) is 11.9 Å². The summed E-state index contributed by atoms with van der Waals surface area (Å²) in [6, 6.07) is 4.76. The number of ether oxygens (including phenoxy) is 1. The van der Waals surface area contributed by atoms with Crippen molar-refractivity contribution in [2.24, 2.45) is 0 Å². The normalized spacial score (nSPS) is 10.4. The zero-order chi connectivity index (χ0) is 14.7. The first-order valence-electron chi connectivity index (χ1n) is 5.46. The Balaban J connectivity index is 1.97. The second kappa shape index (κ2) is 6.47. The number of aromatic nitrogens is 1. The summed E-state index contributed by atoms with van der Waals surface area (Å²) in [7, 11) is 0. The third-order valence-corrected chi connectivity index (χ3v) is 3.29. The molecule has 1 amide bonds. The predicted octanol–water partition coefficient (Wildman–Crippen LogP) is 4.07. The average Bonchev–Trinajstić information content (AvgIpc) is 2.73. The standard InChI is InChI=1S/C12H9BrCl2N2O3/c1-6-2-10(17-20-6)16-11(18)5-19-12-8(13)3-7(14)4-9(12)15/h2-4H,5H2,1H3,(H,16,17,18). The van der Waals surface area contributed by atoms with Gasteiger partial charge in [0.1, 0.15) is 5.76 Å². The number of amides is 1. The van der Waals surface area contributed by atoms with Crippen molar-refractivity contribution in [1.29, 1.82) is 0 Å². The molecule has 0 saturated heterocycles. The monoisotopic (exact) mass is 378 g/mol. The lowest BCUT2D eigenvalue weighted by Crippen LogP contribution is -2.20. The first kappa shape index (κ1) is 15.2. The molecule has 0 aliphatic heterocycles. The van der Waals surface area contributed by atoms with Crippen LogP contribution in [0.1, 0.15) is 5.76 Å². The van der Waals surface area contributed by atoms with E-state index in [-0.39, 0.29) is 12.5 Å². The molecular formula is C12H9BrCl2N2O3. The summed E-state index contributed by atoms with van der Waals surface area (Å²) in [5.74, 6) is 0.904. The summed E-state index contributed by atoms with van der Waals surface area (Å²) < 4.78 is 10.8. The van der Waals surface area contributed by atoms with Gasteiger partial charge in [-0.25, -0.2) is 0 Å². The molecule has 2 rings (SSSR count). The zero-order valence-electron chi connectivity index (χ0n) is 10.2. The maximum Gasteiger partial charge on any atom is 0.263 e. The van der Waals surface area contributed by atoms with Crippen molar-refractivity contribution in [3.8, 4) is 5.75 Å². The van der Waals surface area contributed by atoms with Gasteiger partial charge in [0, 0.05) is 11.1 Å². The summed E-state index contributed by atoms with van der Waals surface area (Å²) in [5.41, 5.74) is 0. The van der Waals surface area contributed by atoms with E-state index in [1.807, 2.05) is 0 Å². The van der Waals surface area contributed by atoms with Crippen LogP contribution >= 0.6 is 39.1 Å². The Kier molecular flexibility index (Phi) is 4.91. The molecule has 0 aliphatic carbocycles. The summed E-state index contributed by atoms with van der Waals surface area (Å²) in [5, 5.41) is 6.96. The largest absolute Gasteiger partial charge is 0.481 e. The first-order valence-corrected chi connectivity index (χ1v) is 7.01. The summed E-state index contributed by atoms with van der Waals surface area (Å²) >= 11 is 15.1. The fraction of sp³-hybridized carbons (Fsp3) is 0.167. The quantitative estimate of drug-likeness (QED) is 0.869. The molecule has 20 heavy (non-hydrogen) atoms. The number of benzene rings is 1. The second-order valence-corrected chi connectivity index (χ2v) is 5.56. The number of carbonyl (C=O) groups excluding carboxylic acids is 1. The zero-order valence-corrected chi connectivity index (χ0v) is 13.3. The molecule has 0 fully saturated rings. The minimum absolute atomic E-state index is 0.216. The Morgan fingerprint density at radius 2 is 2.20 bits per heavy atom. The Morgan fingerprint density at radius 3 is 2.80 bits per heavy atom. The summed E-state index contributed by atoms with van der Waals surface area (Å²) in [6.45, 7) is 1.51. The van der Waals surface area contributed by atoms with Crippen LogP contribution in [0.4, 0.5) is 5.82 Å². The van der Waals surface area contributed by atoms with E-state index < -0.39 is 0 Å². The van der Waals surface area contributed by atoms with Gasteiger partial charge in [-0.3, -0.25) is 4.79 Å². The van der Waals surface area contributed by atoms with Crippen LogP contribution in [-0.2, 0) is 4.79 Å². The minimum Gasteiger partial charge on any atom is -0.481 e. The molecule has 0 aliphatic rings. The van der Waals surface area contributed by atoms with Crippen LogP contribution in [0.5, 0.6) is 5.75 Å². The van der Waals surface area contributed by atoms with Crippen LogP contribution in [0.3, 0.4) is 0 Å². The summed E-state index contributed by atoms with van der Waals surface area (Å²) in [6.07, 6.45) is 0. The molecule has 0 saturated carbocycles. The van der Waals surface area contributed by atoms with Crippen molar-refractivity contribution >= 4 is 50.9 Å². The molecule has 106 valence electrons. The lowest BCUT2D eigenvalue weighted by molar-refractivity contribution is -0.118. The number of aryl methyl sites for hydroxylation is 1. The molecule has 1 heterocycles. The highest BCUT2D eigenvalue weighted by Gasteiger charge is 2.12. The van der Waals surface area contributed by atoms with Crippen molar-refractivity contribution in [3.05, 3.63) is 38.5 Å². The molecule has 8 heteroatoms. The molecule has 1 N–H and O–H groups in total. The Morgan fingerprint density at radius 1 is 1.45 bits per heavy atom. The van der Waals surface area contributed by atoms with Gasteiger partial charge in [-0.05, 0) is 35.0 Å². The van der Waals surface area contributed by atoms with Crippen LogP contribution in [0, 0.1) is 6.92 Å². The van der Waals surface area contributed by atoms with Crippen molar-refractivity contribution in [3.63, 3.8) is 0 Å². The van der Waals surface area contributed by atoms with Gasteiger partial charge in [-0.15, -0.1) is 0 Å². The van der Waals surface area contributed by atoms with Gasteiger partial charge >= 0.3 is 0 Å². The van der Waals surface area contributed by atoms with Gasteiger partial charge in [0.15, 0.2) is 18.2 Å². The van der Waals surface area contributed by atoms with Crippen LogP contribution < -0.4 is 10.1 Å². The lowest BCUT2D eigenvalue weighted by Gasteiger charge is -2.09. The molecular weight excluding hydrogens is 371 g/mol. The van der Waals surface area contributed by atoms with E-state index in [0.29, 0.717) is 31.8 Å². The van der Waals surface area contributed by atoms with E-state index in [2.05, 4.69) is 26.4 Å². The summed E-state index contributed by atoms with van der Waals surface area (Å²) in [4.78, 5) is 11.7. The number of hydrogen-bond donors (Lipinski definition) is 1. The van der Waals surface area contributed by atoms with Crippen molar-refractivity contribution in [2.45, 2.75) is 6.92 Å². The van der Waals surface area contributed by atoms with E-state index in [0.717, 1.165) is 0 Å². The maximum atomic E-state index is 11.7. The van der Waals surface area contributed by atoms with E-state index in [1.54, 1.807) is 19.1 Å². The molecule has 1 aromatic heterocycles. The van der Waals surface area contributed by atoms with Crippen LogP contribution in [0.25, 0.3) is 0 Å². The SMILES string of the molecule is Cc1cc(NC(=O)COc2c(Cl)cc(Cl)cc2Br)no1. The number of carbonyl (C=O) groups is 1. The van der Waals surface area contributed by atoms with Crippen LogP contribution in [0.2, 0.25) is 10.0 Å². The number of anilines is 1. The molecule has 0 atom stereocenters.